The number of aliphatic hydroxyl groups is 1. The molecule has 5 nitrogen and oxygen atoms in total. The van der Waals surface area contributed by atoms with Crippen LogP contribution in [0.15, 0.2) is 4.52 Å². The quantitative estimate of drug-likeness (QED) is 0.926. The lowest BCUT2D eigenvalue weighted by Crippen LogP contribution is -2.34. The average molecular weight is 308 g/mol. The fourth-order valence-electron chi connectivity index (χ4n) is 2.67. The van der Waals surface area contributed by atoms with Crippen LogP contribution < -0.4 is 0 Å². The Balaban J connectivity index is 2.21. The van der Waals surface area contributed by atoms with Crippen LogP contribution in [0.5, 0.6) is 0 Å². The van der Waals surface area contributed by atoms with E-state index >= 15 is 0 Å². The van der Waals surface area contributed by atoms with Crippen LogP contribution in [-0.2, 0) is 10.3 Å². The number of halogens is 3. The van der Waals surface area contributed by atoms with E-state index in [1.165, 1.54) is 14.0 Å². The van der Waals surface area contributed by atoms with E-state index < -0.39 is 23.8 Å². The summed E-state index contributed by atoms with van der Waals surface area (Å²) in [5.74, 6) is -1.28. The molecular formula is C13H19F3N2O3. The van der Waals surface area contributed by atoms with Gasteiger partial charge in [0.05, 0.1) is 5.92 Å². The SMILES string of the molecule is COC1(c2noc(C(C)C(O)C(F)(F)F)n2)CCCCC1. The van der Waals surface area contributed by atoms with Crippen molar-refractivity contribution in [1.29, 1.82) is 0 Å². The number of hydrogen-bond acceptors (Lipinski definition) is 5. The molecule has 1 aliphatic rings. The van der Waals surface area contributed by atoms with E-state index in [0.717, 1.165) is 19.3 Å². The van der Waals surface area contributed by atoms with Crippen LogP contribution in [-0.4, -0.2) is 34.6 Å². The number of methoxy groups -OCH3 is 1. The molecule has 0 aliphatic heterocycles. The number of ether oxygens (including phenoxy) is 1. The lowest BCUT2D eigenvalue weighted by molar-refractivity contribution is -0.210. The second-order valence-corrected chi connectivity index (χ2v) is 5.49. The summed E-state index contributed by atoms with van der Waals surface area (Å²) in [7, 11) is 1.54. The van der Waals surface area contributed by atoms with Gasteiger partial charge in [-0.15, -0.1) is 0 Å². The summed E-state index contributed by atoms with van der Waals surface area (Å²) < 4.78 is 48.0. The smallest absolute Gasteiger partial charge is 0.383 e. The third-order valence-electron chi connectivity index (χ3n) is 4.10. The maximum absolute atomic E-state index is 12.5. The summed E-state index contributed by atoms with van der Waals surface area (Å²) in [4.78, 5) is 4.05. The molecule has 0 radical (unpaired) electrons. The predicted octanol–water partition coefficient (Wildman–Crippen LogP) is 2.90. The highest BCUT2D eigenvalue weighted by atomic mass is 19.4. The highest BCUT2D eigenvalue weighted by Gasteiger charge is 2.45. The molecule has 0 saturated heterocycles. The first-order valence-corrected chi connectivity index (χ1v) is 6.94. The summed E-state index contributed by atoms with van der Waals surface area (Å²) in [5, 5.41) is 13.0. The van der Waals surface area contributed by atoms with Gasteiger partial charge in [0.15, 0.2) is 6.10 Å². The van der Waals surface area contributed by atoms with Gasteiger partial charge in [-0.25, -0.2) is 0 Å². The molecule has 0 aromatic carbocycles. The minimum Gasteiger partial charge on any atom is -0.383 e. The number of aromatic nitrogens is 2. The molecule has 120 valence electrons. The third-order valence-corrected chi connectivity index (χ3v) is 4.10. The zero-order valence-electron chi connectivity index (χ0n) is 12.0. The summed E-state index contributed by atoms with van der Waals surface area (Å²) in [6.45, 7) is 1.20. The number of nitrogens with zero attached hydrogens (tertiary/aromatic N) is 2. The zero-order valence-corrected chi connectivity index (χ0v) is 12.0. The minimum atomic E-state index is -4.72. The van der Waals surface area contributed by atoms with E-state index in [1.54, 1.807) is 0 Å². The Morgan fingerprint density at radius 2 is 1.90 bits per heavy atom. The molecule has 1 fully saturated rings. The number of aliphatic hydroxyl groups excluding tert-OH is 1. The third kappa shape index (κ3) is 3.21. The second-order valence-electron chi connectivity index (χ2n) is 5.49. The van der Waals surface area contributed by atoms with Crippen LogP contribution in [0.3, 0.4) is 0 Å². The van der Waals surface area contributed by atoms with Crippen molar-refractivity contribution in [3.8, 4) is 0 Å². The van der Waals surface area contributed by atoms with Crippen LogP contribution in [0.1, 0.15) is 56.7 Å². The Bertz CT molecular complexity index is 469. The Labute approximate surface area is 120 Å². The fourth-order valence-corrected chi connectivity index (χ4v) is 2.67. The summed E-state index contributed by atoms with van der Waals surface area (Å²) in [6.07, 6.45) is -2.87. The Hall–Kier alpha value is -1.15. The van der Waals surface area contributed by atoms with E-state index in [9.17, 15) is 18.3 Å². The molecule has 0 bridgehead atoms. The van der Waals surface area contributed by atoms with Crippen LogP contribution >= 0.6 is 0 Å². The molecule has 8 heteroatoms. The zero-order chi connectivity index (χ0) is 15.7. The van der Waals surface area contributed by atoms with Crippen molar-refractivity contribution in [2.24, 2.45) is 0 Å². The number of hydrogen-bond donors (Lipinski definition) is 1. The Morgan fingerprint density at radius 1 is 1.29 bits per heavy atom. The first-order chi connectivity index (χ1) is 9.80. The standard InChI is InChI=1S/C13H19F3N2O3/c1-8(9(19)13(14,15)16)10-17-11(18-21-10)12(20-2)6-4-3-5-7-12/h8-9,19H,3-7H2,1-2H3. The van der Waals surface area contributed by atoms with Crippen molar-refractivity contribution >= 4 is 0 Å². The van der Waals surface area contributed by atoms with Gasteiger partial charge < -0.3 is 14.4 Å². The monoisotopic (exact) mass is 308 g/mol. The lowest BCUT2D eigenvalue weighted by Gasteiger charge is -2.32. The van der Waals surface area contributed by atoms with Gasteiger partial charge in [-0.1, -0.05) is 31.3 Å². The summed E-state index contributed by atoms with van der Waals surface area (Å²) in [6, 6.07) is 0. The van der Waals surface area contributed by atoms with Gasteiger partial charge in [0.1, 0.15) is 5.60 Å². The van der Waals surface area contributed by atoms with Crippen LogP contribution in [0.25, 0.3) is 0 Å². The van der Waals surface area contributed by atoms with Crippen molar-refractivity contribution in [2.75, 3.05) is 7.11 Å². The molecule has 1 N–H and O–H groups in total. The lowest BCUT2D eigenvalue weighted by atomic mass is 9.84. The van der Waals surface area contributed by atoms with Crippen LogP contribution in [0.4, 0.5) is 13.2 Å². The molecule has 21 heavy (non-hydrogen) atoms. The first kappa shape index (κ1) is 16.2. The molecule has 2 atom stereocenters. The average Bonchev–Trinajstić information content (AvgIpc) is 2.95. The topological polar surface area (TPSA) is 68.4 Å². The van der Waals surface area contributed by atoms with Crippen molar-refractivity contribution in [3.63, 3.8) is 0 Å². The van der Waals surface area contributed by atoms with E-state index in [0.29, 0.717) is 12.8 Å². The van der Waals surface area contributed by atoms with Crippen molar-refractivity contribution in [3.05, 3.63) is 11.7 Å². The molecule has 2 unspecified atom stereocenters. The van der Waals surface area contributed by atoms with Gasteiger partial charge >= 0.3 is 6.18 Å². The highest BCUT2D eigenvalue weighted by Crippen LogP contribution is 2.39. The van der Waals surface area contributed by atoms with Gasteiger partial charge in [-0.05, 0) is 12.8 Å². The predicted molar refractivity (Wildman–Crippen MR) is 66.5 cm³/mol. The van der Waals surface area contributed by atoms with Gasteiger partial charge in [-0.2, -0.15) is 18.2 Å². The molecule has 1 saturated carbocycles. The molecule has 1 aromatic rings. The Morgan fingerprint density at radius 3 is 2.43 bits per heavy atom. The van der Waals surface area contributed by atoms with E-state index in [-0.39, 0.29) is 11.7 Å². The molecule has 1 heterocycles. The summed E-state index contributed by atoms with van der Waals surface area (Å²) >= 11 is 0. The highest BCUT2D eigenvalue weighted by molar-refractivity contribution is 5.06. The normalized spacial score (nSPS) is 22.0. The summed E-state index contributed by atoms with van der Waals surface area (Å²) in [5.41, 5.74) is -0.692. The van der Waals surface area contributed by atoms with Crippen molar-refractivity contribution in [2.45, 2.75) is 62.8 Å². The molecule has 1 aliphatic carbocycles. The van der Waals surface area contributed by atoms with E-state index in [1.807, 2.05) is 0 Å². The first-order valence-electron chi connectivity index (χ1n) is 6.94. The molecule has 2 rings (SSSR count). The van der Waals surface area contributed by atoms with Crippen molar-refractivity contribution < 1.29 is 27.5 Å². The van der Waals surface area contributed by atoms with Gasteiger partial charge in [-0.3, -0.25) is 0 Å². The van der Waals surface area contributed by atoms with E-state index in [4.69, 9.17) is 9.26 Å². The van der Waals surface area contributed by atoms with Gasteiger partial charge in [0.25, 0.3) is 0 Å². The maximum atomic E-state index is 12.5. The Kier molecular flexibility index (Phi) is 4.57. The molecular weight excluding hydrogens is 289 g/mol. The maximum Gasteiger partial charge on any atom is 0.415 e. The molecule has 1 aromatic heterocycles. The molecule has 0 amide bonds. The number of alkyl halides is 3. The largest absolute Gasteiger partial charge is 0.415 e. The fraction of sp³-hybridized carbons (Fsp3) is 0.846. The number of rotatable bonds is 4. The second kappa shape index (κ2) is 5.92. The van der Waals surface area contributed by atoms with E-state index in [2.05, 4.69) is 10.1 Å². The van der Waals surface area contributed by atoms with Crippen LogP contribution in [0, 0.1) is 0 Å². The van der Waals surface area contributed by atoms with Crippen LogP contribution in [0.2, 0.25) is 0 Å². The van der Waals surface area contributed by atoms with Gasteiger partial charge in [0, 0.05) is 7.11 Å². The van der Waals surface area contributed by atoms with Crippen molar-refractivity contribution in [1.82, 2.24) is 10.1 Å². The molecule has 0 spiro atoms. The minimum absolute atomic E-state index is 0.225. The van der Waals surface area contributed by atoms with Gasteiger partial charge in [0.2, 0.25) is 11.7 Å².